The molecule has 258 valence electrons. The molecule has 0 bridgehead atoms. The third-order valence-corrected chi connectivity index (χ3v) is 8.70. The zero-order valence-corrected chi connectivity index (χ0v) is 29.5. The van der Waals surface area contributed by atoms with Crippen LogP contribution in [0.5, 0.6) is 11.5 Å². The van der Waals surface area contributed by atoms with E-state index in [9.17, 15) is 9.90 Å². The Kier molecular flexibility index (Phi) is 11.2. The molecule has 0 saturated heterocycles. The van der Waals surface area contributed by atoms with Crippen LogP contribution in [-0.2, 0) is 9.53 Å². The lowest BCUT2D eigenvalue weighted by Crippen LogP contribution is -2.29. The second-order valence-electron chi connectivity index (χ2n) is 13.2. The highest BCUT2D eigenvalue weighted by Gasteiger charge is 2.21. The van der Waals surface area contributed by atoms with Crippen molar-refractivity contribution in [2.75, 3.05) is 0 Å². The smallest absolute Gasteiger partial charge is 0.347 e. The topological polar surface area (TPSA) is 94.4 Å². The van der Waals surface area contributed by atoms with Crippen molar-refractivity contribution in [3.8, 4) is 67.9 Å². The van der Waals surface area contributed by atoms with E-state index >= 15 is 0 Å². The summed E-state index contributed by atoms with van der Waals surface area (Å²) in [4.78, 5) is 27.3. The van der Waals surface area contributed by atoms with E-state index in [-0.39, 0.29) is 11.9 Å². The molecule has 0 amide bonds. The number of carbonyl (C=O) groups excluding carboxylic acids is 1. The molecule has 1 aromatic heterocycles. The predicted molar refractivity (Wildman–Crippen MR) is 203 cm³/mol. The van der Waals surface area contributed by atoms with Gasteiger partial charge in [0.2, 0.25) is 0 Å². The fourth-order valence-electron chi connectivity index (χ4n) is 5.83. The van der Waals surface area contributed by atoms with Crippen molar-refractivity contribution >= 4 is 5.97 Å². The van der Waals surface area contributed by atoms with E-state index < -0.39 is 12.1 Å². The van der Waals surface area contributed by atoms with E-state index in [2.05, 4.69) is 38.1 Å². The number of benzene rings is 5. The van der Waals surface area contributed by atoms with Gasteiger partial charge >= 0.3 is 5.97 Å². The molecule has 2 unspecified atom stereocenters. The summed E-state index contributed by atoms with van der Waals surface area (Å²) < 4.78 is 11.5. The quantitative estimate of drug-likeness (QED) is 0.122. The lowest BCUT2D eigenvalue weighted by molar-refractivity contribution is -0.156. The number of rotatable bonds is 13. The molecule has 2 atom stereocenters. The Balaban J connectivity index is 1.27. The molecule has 51 heavy (non-hydrogen) atoms. The highest BCUT2D eigenvalue weighted by atomic mass is 16.6. The lowest BCUT2D eigenvalue weighted by atomic mass is 10.0. The van der Waals surface area contributed by atoms with Crippen molar-refractivity contribution in [1.82, 2.24) is 15.0 Å². The minimum atomic E-state index is -0.851. The average molecular weight is 678 g/mol. The van der Waals surface area contributed by atoms with Crippen molar-refractivity contribution in [3.63, 3.8) is 0 Å². The van der Waals surface area contributed by atoms with Crippen molar-refractivity contribution < 1.29 is 19.4 Å². The maximum absolute atomic E-state index is 12.7. The first-order valence-electron chi connectivity index (χ1n) is 17.5. The second kappa shape index (κ2) is 16.3. The molecular weight excluding hydrogens is 635 g/mol. The van der Waals surface area contributed by atoms with Crippen LogP contribution in [0.3, 0.4) is 0 Å². The number of aromatic hydroxyl groups is 1. The van der Waals surface area contributed by atoms with Crippen LogP contribution in [0.1, 0.15) is 47.0 Å². The van der Waals surface area contributed by atoms with Gasteiger partial charge in [-0.2, -0.15) is 0 Å². The fraction of sp³-hybridized carbons (Fsp3) is 0.227. The van der Waals surface area contributed by atoms with Crippen LogP contribution in [0, 0.1) is 5.92 Å². The zero-order chi connectivity index (χ0) is 35.7. The maximum Gasteiger partial charge on any atom is 0.347 e. The van der Waals surface area contributed by atoms with Gasteiger partial charge in [-0.25, -0.2) is 19.7 Å². The first-order valence-corrected chi connectivity index (χ1v) is 17.5. The predicted octanol–water partition coefficient (Wildman–Crippen LogP) is 10.4. The largest absolute Gasteiger partial charge is 0.507 e. The molecule has 0 aliphatic rings. The molecule has 0 fully saturated rings. The average Bonchev–Trinajstić information content (AvgIpc) is 3.15. The van der Waals surface area contributed by atoms with Gasteiger partial charge in [0, 0.05) is 17.2 Å². The highest BCUT2D eigenvalue weighted by Crippen LogP contribution is 2.34. The fourth-order valence-corrected chi connectivity index (χ4v) is 5.83. The van der Waals surface area contributed by atoms with E-state index in [4.69, 9.17) is 24.4 Å². The third-order valence-electron chi connectivity index (χ3n) is 8.70. The van der Waals surface area contributed by atoms with E-state index in [0.29, 0.717) is 34.7 Å². The van der Waals surface area contributed by atoms with Crippen molar-refractivity contribution in [2.24, 2.45) is 5.92 Å². The summed E-state index contributed by atoms with van der Waals surface area (Å²) in [5, 5.41) is 11.2. The number of esters is 1. The normalized spacial score (nSPS) is 12.3. The van der Waals surface area contributed by atoms with Crippen LogP contribution in [0.4, 0.5) is 0 Å². The van der Waals surface area contributed by atoms with Gasteiger partial charge in [-0.3, -0.25) is 0 Å². The summed E-state index contributed by atoms with van der Waals surface area (Å²) in [5.74, 6) is 1.66. The number of carbonyl (C=O) groups is 1. The highest BCUT2D eigenvalue weighted by molar-refractivity contribution is 5.76. The standard InChI is InChI=1S/C44H43N3O4/c1-29(2)12-11-13-30(3)50-44(49)31(4)51-38-26-27-39(40(48)28-38)43-46-41(36-22-18-34(19-23-36)32-14-7-5-8-15-32)45-42(47-43)37-24-20-35(21-25-37)33-16-9-6-10-17-33/h5-10,14-31,48H,11-13H2,1-4H3. The summed E-state index contributed by atoms with van der Waals surface area (Å²) in [6, 6.07) is 41.4. The molecule has 7 nitrogen and oxygen atoms in total. The minimum absolute atomic E-state index is 0.0860. The minimum Gasteiger partial charge on any atom is -0.507 e. The lowest BCUT2D eigenvalue weighted by Gasteiger charge is -2.18. The monoisotopic (exact) mass is 677 g/mol. The van der Waals surface area contributed by atoms with Gasteiger partial charge in [-0.15, -0.1) is 0 Å². The number of hydrogen-bond donors (Lipinski definition) is 1. The summed E-state index contributed by atoms with van der Waals surface area (Å²) in [6.07, 6.45) is 1.83. The van der Waals surface area contributed by atoms with Crippen LogP contribution in [0.2, 0.25) is 0 Å². The Hall–Kier alpha value is -5.82. The number of ether oxygens (including phenoxy) is 2. The maximum atomic E-state index is 12.7. The number of hydrogen-bond acceptors (Lipinski definition) is 7. The Morgan fingerprint density at radius 2 is 1.06 bits per heavy atom. The first-order chi connectivity index (χ1) is 24.7. The number of nitrogens with zero attached hydrogens (tertiary/aromatic N) is 3. The van der Waals surface area contributed by atoms with Gasteiger partial charge in [0.05, 0.1) is 11.7 Å². The Morgan fingerprint density at radius 3 is 1.55 bits per heavy atom. The van der Waals surface area contributed by atoms with Gasteiger partial charge in [-0.1, -0.05) is 129 Å². The molecule has 5 aromatic carbocycles. The summed E-state index contributed by atoms with van der Waals surface area (Å²) in [5.41, 5.74) is 6.42. The Morgan fingerprint density at radius 1 is 0.588 bits per heavy atom. The van der Waals surface area contributed by atoms with Gasteiger partial charge in [-0.05, 0) is 67.0 Å². The Labute approximate surface area is 300 Å². The van der Waals surface area contributed by atoms with E-state index in [0.717, 1.165) is 52.6 Å². The number of aromatic nitrogens is 3. The van der Waals surface area contributed by atoms with Crippen LogP contribution in [0.25, 0.3) is 56.4 Å². The molecule has 6 aromatic rings. The molecule has 7 heteroatoms. The van der Waals surface area contributed by atoms with Gasteiger partial charge in [0.15, 0.2) is 23.6 Å². The molecule has 0 saturated carbocycles. The van der Waals surface area contributed by atoms with Crippen LogP contribution in [0.15, 0.2) is 127 Å². The summed E-state index contributed by atoms with van der Waals surface area (Å²) in [7, 11) is 0. The van der Waals surface area contributed by atoms with Crippen molar-refractivity contribution in [1.29, 1.82) is 0 Å². The second-order valence-corrected chi connectivity index (χ2v) is 13.2. The molecular formula is C44H43N3O4. The molecule has 0 aliphatic carbocycles. The number of phenolic OH excluding ortho intramolecular Hbond substituents is 1. The third kappa shape index (κ3) is 9.05. The van der Waals surface area contributed by atoms with E-state index in [1.165, 1.54) is 6.07 Å². The van der Waals surface area contributed by atoms with E-state index in [1.54, 1.807) is 19.1 Å². The van der Waals surface area contributed by atoms with Crippen LogP contribution >= 0.6 is 0 Å². The van der Waals surface area contributed by atoms with Crippen LogP contribution < -0.4 is 4.74 Å². The molecule has 6 rings (SSSR count). The molecule has 1 N–H and O–H groups in total. The molecule has 1 heterocycles. The SMILES string of the molecule is CC(C)CCCC(C)OC(=O)C(C)Oc1ccc(-c2nc(-c3ccc(-c4ccccc4)cc3)nc(-c3ccc(-c4ccccc4)cc3)n2)c(O)c1. The van der Waals surface area contributed by atoms with Crippen molar-refractivity contribution in [2.45, 2.75) is 59.2 Å². The summed E-state index contributed by atoms with van der Waals surface area (Å²) >= 11 is 0. The zero-order valence-electron chi connectivity index (χ0n) is 29.5. The van der Waals surface area contributed by atoms with Gasteiger partial charge in [0.25, 0.3) is 0 Å². The first kappa shape index (κ1) is 35.0. The number of phenols is 1. The molecule has 0 spiro atoms. The molecule has 0 radical (unpaired) electrons. The van der Waals surface area contributed by atoms with Gasteiger partial charge in [0.1, 0.15) is 11.5 Å². The van der Waals surface area contributed by atoms with Gasteiger partial charge < -0.3 is 14.6 Å². The van der Waals surface area contributed by atoms with Crippen molar-refractivity contribution in [3.05, 3.63) is 127 Å². The summed E-state index contributed by atoms with van der Waals surface area (Å²) in [6.45, 7) is 7.91. The van der Waals surface area contributed by atoms with Crippen LogP contribution in [-0.4, -0.2) is 38.2 Å². The Bertz CT molecular complexity index is 1950. The van der Waals surface area contributed by atoms with E-state index in [1.807, 2.05) is 91.9 Å². The molecule has 0 aliphatic heterocycles.